The second-order valence-electron chi connectivity index (χ2n) is 4.12. The maximum atomic E-state index is 11.2. The summed E-state index contributed by atoms with van der Waals surface area (Å²) in [6.07, 6.45) is 0. The summed E-state index contributed by atoms with van der Waals surface area (Å²) >= 11 is 0. The monoisotopic (exact) mass is 212 g/mol. The molecular formula is C13H12N2O. The van der Waals surface area contributed by atoms with Crippen molar-refractivity contribution in [2.24, 2.45) is 5.73 Å². The minimum Gasteiger partial charge on any atom is -0.351 e. The Bertz CT molecular complexity index is 577. The Balaban J connectivity index is 2.17. The highest BCUT2D eigenvalue weighted by atomic mass is 16.2. The number of nitrogens with zero attached hydrogens (tertiary/aromatic N) is 1. The Kier molecular flexibility index (Phi) is 1.86. The van der Waals surface area contributed by atoms with Gasteiger partial charge in [-0.25, -0.2) is 4.79 Å². The Labute approximate surface area is 93.5 Å². The van der Waals surface area contributed by atoms with E-state index in [0.29, 0.717) is 13.1 Å². The first kappa shape index (κ1) is 9.21. The molecule has 80 valence electrons. The van der Waals surface area contributed by atoms with Crippen LogP contribution in [0, 0.1) is 0 Å². The fraction of sp³-hybridized carbons (Fsp3) is 0.154. The molecule has 3 rings (SSSR count). The van der Waals surface area contributed by atoms with Gasteiger partial charge in [-0.05, 0) is 21.9 Å². The van der Waals surface area contributed by atoms with Crippen molar-refractivity contribution < 1.29 is 4.79 Å². The fourth-order valence-electron chi connectivity index (χ4n) is 2.32. The van der Waals surface area contributed by atoms with Crippen LogP contribution in [0.2, 0.25) is 0 Å². The molecule has 0 fully saturated rings. The van der Waals surface area contributed by atoms with Gasteiger partial charge in [0, 0.05) is 13.1 Å². The van der Waals surface area contributed by atoms with Gasteiger partial charge in [-0.2, -0.15) is 0 Å². The molecular weight excluding hydrogens is 200 g/mol. The molecule has 0 atom stereocenters. The van der Waals surface area contributed by atoms with Crippen molar-refractivity contribution >= 4 is 16.8 Å². The lowest BCUT2D eigenvalue weighted by molar-refractivity contribution is 0.208. The highest BCUT2D eigenvalue weighted by Crippen LogP contribution is 2.29. The van der Waals surface area contributed by atoms with Crippen molar-refractivity contribution in [3.8, 4) is 0 Å². The van der Waals surface area contributed by atoms with E-state index in [0.717, 1.165) is 0 Å². The summed E-state index contributed by atoms with van der Waals surface area (Å²) in [5, 5.41) is 2.44. The minimum absolute atomic E-state index is 0.347. The second-order valence-corrected chi connectivity index (χ2v) is 4.12. The van der Waals surface area contributed by atoms with Gasteiger partial charge in [0.25, 0.3) is 0 Å². The largest absolute Gasteiger partial charge is 0.351 e. The van der Waals surface area contributed by atoms with E-state index in [-0.39, 0.29) is 6.03 Å². The summed E-state index contributed by atoms with van der Waals surface area (Å²) in [6, 6.07) is 12.1. The van der Waals surface area contributed by atoms with Crippen LogP contribution >= 0.6 is 0 Å². The third-order valence-corrected chi connectivity index (χ3v) is 3.16. The topological polar surface area (TPSA) is 46.3 Å². The predicted molar refractivity (Wildman–Crippen MR) is 62.8 cm³/mol. The Morgan fingerprint density at radius 3 is 2.75 bits per heavy atom. The number of urea groups is 1. The summed E-state index contributed by atoms with van der Waals surface area (Å²) in [6.45, 7) is 1.27. The molecule has 0 unspecified atom stereocenters. The molecule has 0 aliphatic carbocycles. The maximum Gasteiger partial charge on any atom is 0.315 e. The smallest absolute Gasteiger partial charge is 0.315 e. The van der Waals surface area contributed by atoms with Crippen LogP contribution in [0.3, 0.4) is 0 Å². The van der Waals surface area contributed by atoms with Crippen LogP contribution in [-0.2, 0) is 13.1 Å². The Morgan fingerprint density at radius 2 is 1.94 bits per heavy atom. The Morgan fingerprint density at radius 1 is 1.12 bits per heavy atom. The third-order valence-electron chi connectivity index (χ3n) is 3.16. The van der Waals surface area contributed by atoms with Crippen molar-refractivity contribution in [2.45, 2.75) is 13.1 Å². The van der Waals surface area contributed by atoms with E-state index in [1.54, 1.807) is 4.90 Å². The standard InChI is InChI=1S/C13H12N2O/c14-13(16)15-7-10-6-5-9-3-1-2-4-11(9)12(10)8-15/h1-6H,7-8H2,(H2,14,16). The first-order valence-electron chi connectivity index (χ1n) is 5.29. The molecule has 0 saturated carbocycles. The molecule has 2 amide bonds. The van der Waals surface area contributed by atoms with Crippen LogP contribution < -0.4 is 5.73 Å². The molecule has 1 aliphatic rings. The molecule has 3 nitrogen and oxygen atoms in total. The number of benzene rings is 2. The second kappa shape index (κ2) is 3.23. The number of hydrogen-bond donors (Lipinski definition) is 1. The van der Waals surface area contributed by atoms with Crippen molar-refractivity contribution in [1.82, 2.24) is 4.90 Å². The Hall–Kier alpha value is -2.03. The zero-order chi connectivity index (χ0) is 11.1. The van der Waals surface area contributed by atoms with Gasteiger partial charge < -0.3 is 10.6 Å². The van der Waals surface area contributed by atoms with E-state index in [9.17, 15) is 4.79 Å². The summed E-state index contributed by atoms with van der Waals surface area (Å²) in [5.74, 6) is 0. The van der Waals surface area contributed by atoms with E-state index < -0.39 is 0 Å². The molecule has 3 heteroatoms. The van der Waals surface area contributed by atoms with Gasteiger partial charge in [0.2, 0.25) is 0 Å². The van der Waals surface area contributed by atoms with Gasteiger partial charge in [-0.1, -0.05) is 36.4 Å². The lowest BCUT2D eigenvalue weighted by atomic mass is 10.0. The van der Waals surface area contributed by atoms with Gasteiger partial charge in [0.05, 0.1) is 0 Å². The lowest BCUT2D eigenvalue weighted by Crippen LogP contribution is -2.30. The molecule has 2 aromatic rings. The average molecular weight is 212 g/mol. The van der Waals surface area contributed by atoms with Crippen molar-refractivity contribution in [3.63, 3.8) is 0 Å². The fourth-order valence-corrected chi connectivity index (χ4v) is 2.32. The third kappa shape index (κ3) is 1.25. The number of primary amides is 1. The lowest BCUT2D eigenvalue weighted by Gasteiger charge is -2.10. The molecule has 2 aromatic carbocycles. The number of fused-ring (bicyclic) bond motifs is 3. The minimum atomic E-state index is -0.347. The number of hydrogen-bond acceptors (Lipinski definition) is 1. The molecule has 0 radical (unpaired) electrons. The predicted octanol–water partition coefficient (Wildman–Crippen LogP) is 2.23. The van der Waals surface area contributed by atoms with Gasteiger partial charge in [0.15, 0.2) is 0 Å². The molecule has 0 aromatic heterocycles. The molecule has 0 spiro atoms. The summed E-state index contributed by atoms with van der Waals surface area (Å²) in [4.78, 5) is 12.8. The van der Waals surface area contributed by atoms with Gasteiger partial charge in [-0.3, -0.25) is 0 Å². The van der Waals surface area contributed by atoms with Crippen LogP contribution in [0.25, 0.3) is 10.8 Å². The average Bonchev–Trinajstić information content (AvgIpc) is 2.73. The van der Waals surface area contributed by atoms with Crippen LogP contribution in [-0.4, -0.2) is 10.9 Å². The molecule has 1 heterocycles. The number of carbonyl (C=O) groups is 1. The van der Waals surface area contributed by atoms with E-state index in [2.05, 4.69) is 24.3 Å². The van der Waals surface area contributed by atoms with Crippen LogP contribution in [0.5, 0.6) is 0 Å². The first-order valence-corrected chi connectivity index (χ1v) is 5.29. The zero-order valence-electron chi connectivity index (χ0n) is 8.81. The van der Waals surface area contributed by atoms with Gasteiger partial charge in [0.1, 0.15) is 0 Å². The quantitative estimate of drug-likeness (QED) is 0.715. The molecule has 2 N–H and O–H groups in total. The number of amides is 2. The van der Waals surface area contributed by atoms with E-state index in [1.165, 1.54) is 21.9 Å². The van der Waals surface area contributed by atoms with Crippen molar-refractivity contribution in [1.29, 1.82) is 0 Å². The van der Waals surface area contributed by atoms with Gasteiger partial charge >= 0.3 is 6.03 Å². The zero-order valence-corrected chi connectivity index (χ0v) is 8.81. The highest BCUT2D eigenvalue weighted by molar-refractivity contribution is 5.88. The van der Waals surface area contributed by atoms with Crippen molar-refractivity contribution in [2.75, 3.05) is 0 Å². The number of carbonyl (C=O) groups excluding carboxylic acids is 1. The van der Waals surface area contributed by atoms with E-state index in [1.807, 2.05) is 12.1 Å². The summed E-state index contributed by atoms with van der Waals surface area (Å²) in [5.41, 5.74) is 7.75. The molecule has 1 aliphatic heterocycles. The SMILES string of the molecule is NC(=O)N1Cc2ccc3ccccc3c2C1. The highest BCUT2D eigenvalue weighted by Gasteiger charge is 2.22. The van der Waals surface area contributed by atoms with Crippen molar-refractivity contribution in [3.05, 3.63) is 47.5 Å². The van der Waals surface area contributed by atoms with Crippen LogP contribution in [0.4, 0.5) is 4.79 Å². The molecule has 16 heavy (non-hydrogen) atoms. The molecule has 0 bridgehead atoms. The van der Waals surface area contributed by atoms with Crippen LogP contribution in [0.15, 0.2) is 36.4 Å². The maximum absolute atomic E-state index is 11.2. The van der Waals surface area contributed by atoms with Crippen LogP contribution in [0.1, 0.15) is 11.1 Å². The van der Waals surface area contributed by atoms with E-state index in [4.69, 9.17) is 5.73 Å². The van der Waals surface area contributed by atoms with E-state index >= 15 is 0 Å². The normalized spacial score (nSPS) is 14.1. The molecule has 0 saturated heterocycles. The van der Waals surface area contributed by atoms with Gasteiger partial charge in [-0.15, -0.1) is 0 Å². The number of rotatable bonds is 0. The summed E-state index contributed by atoms with van der Waals surface area (Å²) in [7, 11) is 0. The first-order chi connectivity index (χ1) is 7.75. The number of nitrogens with two attached hydrogens (primary N) is 1. The summed E-state index contributed by atoms with van der Waals surface area (Å²) < 4.78 is 0.